The van der Waals surface area contributed by atoms with Crippen molar-refractivity contribution in [1.29, 1.82) is 0 Å². The topological polar surface area (TPSA) is 61.8 Å². The summed E-state index contributed by atoms with van der Waals surface area (Å²) in [7, 11) is 4.45. The first-order valence-corrected chi connectivity index (χ1v) is 14.5. The highest BCUT2D eigenvalue weighted by Crippen LogP contribution is 2.28. The summed E-state index contributed by atoms with van der Waals surface area (Å²) in [6.45, 7) is 15.5. The van der Waals surface area contributed by atoms with E-state index in [0.29, 0.717) is 6.42 Å². The summed E-state index contributed by atoms with van der Waals surface area (Å²) in [5.74, 6) is -0.766. The maximum atomic E-state index is 13.4. The van der Waals surface area contributed by atoms with E-state index >= 15 is 0 Å². The minimum Gasteiger partial charge on any atom is -0.464 e. The molecule has 0 saturated carbocycles. The van der Waals surface area contributed by atoms with E-state index < -0.39 is 22.4 Å². The van der Waals surface area contributed by atoms with Crippen molar-refractivity contribution in [2.45, 2.75) is 93.0 Å². The van der Waals surface area contributed by atoms with Crippen LogP contribution in [-0.4, -0.2) is 49.3 Å². The van der Waals surface area contributed by atoms with Crippen LogP contribution in [0.15, 0.2) is 54.6 Å². The lowest BCUT2D eigenvalue weighted by Gasteiger charge is -2.33. The molecule has 2 aromatic carbocycles. The molecule has 0 heterocycles. The minimum atomic E-state index is -1.12. The van der Waals surface area contributed by atoms with Crippen LogP contribution in [0.3, 0.4) is 0 Å². The summed E-state index contributed by atoms with van der Waals surface area (Å²) in [6, 6.07) is 18.7. The van der Waals surface area contributed by atoms with Crippen LogP contribution in [0.2, 0.25) is 0 Å². The predicted octanol–water partition coefficient (Wildman–Crippen LogP) is 7.09. The summed E-state index contributed by atoms with van der Waals surface area (Å²) in [5.41, 5.74) is 1.30. The highest BCUT2D eigenvalue weighted by molar-refractivity contribution is 5.79. The second kappa shape index (κ2) is 14.3. The number of esters is 2. The maximum Gasteiger partial charge on any atom is 0.317 e. The molecule has 2 rings (SSSR count). The van der Waals surface area contributed by atoms with Crippen molar-refractivity contribution in [1.82, 2.24) is 0 Å². The summed E-state index contributed by atoms with van der Waals surface area (Å²) in [5, 5.41) is 0. The fourth-order valence-corrected chi connectivity index (χ4v) is 4.44. The van der Waals surface area contributed by atoms with Gasteiger partial charge in [-0.25, -0.2) is 0 Å². The van der Waals surface area contributed by atoms with E-state index in [-0.39, 0.29) is 25.8 Å². The Morgan fingerprint density at radius 2 is 1.27 bits per heavy atom. The van der Waals surface area contributed by atoms with Crippen LogP contribution in [0.5, 0.6) is 0 Å². The number of carbonyl (C=O) groups excluding carboxylic acids is 2. The van der Waals surface area contributed by atoms with Crippen LogP contribution in [0, 0.1) is 10.8 Å². The molecule has 0 fully saturated rings. The number of hydrogen-bond donors (Lipinski definition) is 0. The van der Waals surface area contributed by atoms with Gasteiger partial charge in [0.05, 0.1) is 31.7 Å². The number of quaternary nitrogens is 1. The molecule has 0 aliphatic heterocycles. The van der Waals surface area contributed by atoms with Gasteiger partial charge >= 0.3 is 11.9 Å². The van der Waals surface area contributed by atoms with Gasteiger partial charge in [-0.05, 0) is 53.0 Å². The van der Waals surface area contributed by atoms with Crippen molar-refractivity contribution in [2.75, 3.05) is 27.3 Å². The molecule has 0 N–H and O–H groups in total. The van der Waals surface area contributed by atoms with E-state index in [1.54, 1.807) is 6.92 Å². The predicted molar refractivity (Wildman–Crippen MR) is 160 cm³/mol. The summed E-state index contributed by atoms with van der Waals surface area (Å²) in [4.78, 5) is 26.0. The van der Waals surface area contributed by atoms with Crippen LogP contribution in [0.25, 0.3) is 0 Å². The molecule has 0 spiro atoms. The first kappa shape index (κ1) is 33.5. The zero-order valence-electron chi connectivity index (χ0n) is 26.3. The van der Waals surface area contributed by atoms with Crippen LogP contribution in [0.4, 0.5) is 0 Å². The van der Waals surface area contributed by atoms with E-state index in [4.69, 9.17) is 14.2 Å². The van der Waals surface area contributed by atoms with Crippen LogP contribution >= 0.6 is 0 Å². The van der Waals surface area contributed by atoms with Gasteiger partial charge in [-0.2, -0.15) is 0 Å². The molecule has 0 saturated heterocycles. The second-order valence-corrected chi connectivity index (χ2v) is 13.3. The number of rotatable bonds is 16. The molecule has 0 radical (unpaired) electrons. The van der Waals surface area contributed by atoms with Crippen LogP contribution in [0.1, 0.15) is 84.4 Å². The lowest BCUT2D eigenvalue weighted by Crippen LogP contribution is -2.43. The van der Waals surface area contributed by atoms with Gasteiger partial charge in [-0.3, -0.25) is 9.59 Å². The maximum absolute atomic E-state index is 13.4. The number of carbonyl (C=O) groups is 2. The molecule has 6 heteroatoms. The van der Waals surface area contributed by atoms with Crippen molar-refractivity contribution in [3.8, 4) is 0 Å². The Hall–Kier alpha value is -2.70. The molecule has 6 nitrogen and oxygen atoms in total. The monoisotopic (exact) mass is 554 g/mol. The average molecular weight is 555 g/mol. The van der Waals surface area contributed by atoms with Crippen molar-refractivity contribution >= 4 is 11.9 Å². The number of nitrogens with zero attached hydrogens (tertiary/aromatic N) is 1. The van der Waals surface area contributed by atoms with Gasteiger partial charge in [0.25, 0.3) is 0 Å². The standard InChI is InChI=1S/C34H52NO5/c1-10-21-33(5,6)40-26-34(7,25-39-30(36)32(3,4)11-2)31(37)38-24-29-19-17-28(18-20-29)23-35(8,9)22-27-15-13-12-14-16-27/h12-20H,10-11,21-26H2,1-9H3/q+1. The van der Waals surface area contributed by atoms with Gasteiger partial charge < -0.3 is 18.7 Å². The molecule has 40 heavy (non-hydrogen) atoms. The fourth-order valence-electron chi connectivity index (χ4n) is 4.44. The molecule has 0 bridgehead atoms. The van der Waals surface area contributed by atoms with E-state index in [1.807, 2.05) is 52.8 Å². The first-order chi connectivity index (χ1) is 18.6. The Morgan fingerprint density at radius 1 is 0.725 bits per heavy atom. The third-order valence-electron chi connectivity index (χ3n) is 7.54. The molecule has 0 amide bonds. The Morgan fingerprint density at radius 3 is 1.82 bits per heavy atom. The molecule has 1 atom stereocenters. The highest BCUT2D eigenvalue weighted by Gasteiger charge is 2.40. The normalized spacial score (nSPS) is 13.9. The highest BCUT2D eigenvalue weighted by atomic mass is 16.6. The first-order valence-electron chi connectivity index (χ1n) is 14.5. The Kier molecular flexibility index (Phi) is 12.0. The molecule has 0 aliphatic carbocycles. The quantitative estimate of drug-likeness (QED) is 0.164. The van der Waals surface area contributed by atoms with Gasteiger partial charge in [0.2, 0.25) is 0 Å². The van der Waals surface area contributed by atoms with Crippen molar-refractivity contribution in [3.05, 3.63) is 71.3 Å². The van der Waals surface area contributed by atoms with E-state index in [9.17, 15) is 9.59 Å². The fraction of sp³-hybridized carbons (Fsp3) is 0.588. The number of ether oxygens (including phenoxy) is 3. The van der Waals surface area contributed by atoms with Crippen molar-refractivity contribution in [2.24, 2.45) is 10.8 Å². The van der Waals surface area contributed by atoms with Gasteiger partial charge in [-0.15, -0.1) is 0 Å². The molecule has 0 aliphatic rings. The summed E-state index contributed by atoms with van der Waals surface area (Å²) in [6.07, 6.45) is 2.46. The Balaban J connectivity index is 2.04. The van der Waals surface area contributed by atoms with Crippen molar-refractivity contribution < 1.29 is 28.3 Å². The molecular formula is C34H52NO5+. The third kappa shape index (κ3) is 10.7. The number of hydrogen-bond acceptors (Lipinski definition) is 5. The van der Waals surface area contributed by atoms with Gasteiger partial charge in [0, 0.05) is 11.1 Å². The average Bonchev–Trinajstić information content (AvgIpc) is 2.90. The zero-order chi connectivity index (χ0) is 30.0. The van der Waals surface area contributed by atoms with Gasteiger partial charge in [0.1, 0.15) is 31.7 Å². The lowest BCUT2D eigenvalue weighted by molar-refractivity contribution is -0.916. The minimum absolute atomic E-state index is 0.0936. The molecule has 1 unspecified atom stereocenters. The zero-order valence-corrected chi connectivity index (χ0v) is 26.3. The van der Waals surface area contributed by atoms with E-state index in [1.165, 1.54) is 11.1 Å². The summed E-state index contributed by atoms with van der Waals surface area (Å²) < 4.78 is 18.4. The SMILES string of the molecule is CCCC(C)(C)OCC(C)(COC(=O)C(C)(C)CC)C(=O)OCc1ccc(C[N+](C)(C)Cc2ccccc2)cc1. The van der Waals surface area contributed by atoms with Gasteiger partial charge in [-0.1, -0.05) is 74.9 Å². The largest absolute Gasteiger partial charge is 0.464 e. The smallest absolute Gasteiger partial charge is 0.317 e. The van der Waals surface area contributed by atoms with Crippen LogP contribution < -0.4 is 0 Å². The Bertz CT molecular complexity index is 1080. The van der Waals surface area contributed by atoms with E-state index in [2.05, 4.69) is 57.4 Å². The third-order valence-corrected chi connectivity index (χ3v) is 7.54. The van der Waals surface area contributed by atoms with Crippen molar-refractivity contribution in [3.63, 3.8) is 0 Å². The number of benzene rings is 2. The van der Waals surface area contributed by atoms with Crippen LogP contribution in [-0.2, 0) is 43.5 Å². The second-order valence-electron chi connectivity index (χ2n) is 13.3. The molecule has 222 valence electrons. The lowest BCUT2D eigenvalue weighted by atomic mass is 9.89. The van der Waals surface area contributed by atoms with Gasteiger partial charge in [0.15, 0.2) is 0 Å². The molecule has 2 aromatic rings. The molecule has 0 aromatic heterocycles. The molecular weight excluding hydrogens is 502 g/mol. The summed E-state index contributed by atoms with van der Waals surface area (Å²) >= 11 is 0. The Labute approximate surface area is 242 Å². The van der Waals surface area contributed by atoms with E-state index in [0.717, 1.165) is 36.0 Å².